The molecule has 2 aromatic rings. The van der Waals surface area contributed by atoms with Gasteiger partial charge < -0.3 is 0 Å². The summed E-state index contributed by atoms with van der Waals surface area (Å²) in [4.78, 5) is 0. The van der Waals surface area contributed by atoms with Crippen molar-refractivity contribution in [1.82, 2.24) is 0 Å². The molecule has 2 aromatic carbocycles. The summed E-state index contributed by atoms with van der Waals surface area (Å²) < 4.78 is 59.2. The summed E-state index contributed by atoms with van der Waals surface area (Å²) in [6.45, 7) is 3.96. The molecule has 0 saturated carbocycles. The van der Waals surface area contributed by atoms with Gasteiger partial charge in [-0.05, 0) is 35.1 Å². The smallest absolute Gasteiger partial charge is 0.194 e. The van der Waals surface area contributed by atoms with Crippen molar-refractivity contribution < 1.29 is 17.6 Å². The van der Waals surface area contributed by atoms with Gasteiger partial charge in [0.2, 0.25) is 0 Å². The minimum absolute atomic E-state index is 0.116. The Morgan fingerprint density at radius 3 is 1.41 bits per heavy atom. The van der Waals surface area contributed by atoms with Crippen LogP contribution >= 0.6 is 0 Å². The van der Waals surface area contributed by atoms with Crippen LogP contribution < -0.4 is 0 Å². The van der Waals surface area contributed by atoms with E-state index in [9.17, 15) is 17.6 Å². The lowest BCUT2D eigenvalue weighted by Gasteiger charge is -2.33. The van der Waals surface area contributed by atoms with Crippen molar-refractivity contribution in [2.75, 3.05) is 0 Å². The van der Waals surface area contributed by atoms with Crippen LogP contribution in [-0.2, 0) is 12.8 Å². The van der Waals surface area contributed by atoms with E-state index in [4.69, 9.17) is 0 Å². The summed E-state index contributed by atoms with van der Waals surface area (Å²) >= 11 is 0. The van der Waals surface area contributed by atoms with Gasteiger partial charge in [0.05, 0.1) is 0 Å². The van der Waals surface area contributed by atoms with Crippen LogP contribution in [0.5, 0.6) is 0 Å². The van der Waals surface area contributed by atoms with Gasteiger partial charge in [0.1, 0.15) is 0 Å². The highest BCUT2D eigenvalue weighted by atomic mass is 19.3. The van der Waals surface area contributed by atoms with Gasteiger partial charge in [-0.15, -0.1) is 0 Å². The summed E-state index contributed by atoms with van der Waals surface area (Å²) in [5, 5.41) is 0. The molecule has 1 aliphatic carbocycles. The fourth-order valence-corrected chi connectivity index (χ4v) is 3.33. The van der Waals surface area contributed by atoms with E-state index < -0.39 is 23.0 Å². The fourth-order valence-electron chi connectivity index (χ4n) is 3.33. The summed E-state index contributed by atoms with van der Waals surface area (Å²) in [5.74, 6) is -8.57. The number of hydrogen-bond acceptors (Lipinski definition) is 0. The van der Waals surface area contributed by atoms with E-state index >= 15 is 0 Å². The molecule has 0 fully saturated rings. The molecular weight excluding hydrogens is 352 g/mol. The largest absolute Gasteiger partial charge is 0.340 e. The van der Waals surface area contributed by atoms with Gasteiger partial charge in [-0.3, -0.25) is 0 Å². The molecule has 0 heterocycles. The molecule has 0 spiro atoms. The number of halogens is 4. The minimum atomic E-state index is -4.28. The van der Waals surface area contributed by atoms with Crippen molar-refractivity contribution in [3.05, 3.63) is 82.9 Å². The third kappa shape index (κ3) is 3.45. The van der Waals surface area contributed by atoms with Gasteiger partial charge in [-0.1, -0.05) is 81.0 Å². The van der Waals surface area contributed by atoms with Gasteiger partial charge in [0, 0.05) is 11.1 Å². The zero-order valence-electron chi connectivity index (χ0n) is 15.4. The molecule has 0 atom stereocenters. The third-order valence-corrected chi connectivity index (χ3v) is 4.96. The second kappa shape index (κ2) is 7.34. The quantitative estimate of drug-likeness (QED) is 0.497. The maximum absolute atomic E-state index is 14.8. The normalized spacial score (nSPS) is 18.0. The van der Waals surface area contributed by atoms with Crippen molar-refractivity contribution in [2.24, 2.45) is 0 Å². The van der Waals surface area contributed by atoms with Crippen LogP contribution in [0.4, 0.5) is 17.6 Å². The Bertz CT molecular complexity index is 856. The average molecular weight is 374 g/mol. The number of rotatable bonds is 5. The monoisotopic (exact) mass is 374 g/mol. The van der Waals surface area contributed by atoms with E-state index in [1.165, 1.54) is 24.3 Å². The molecule has 142 valence electrons. The Morgan fingerprint density at radius 1 is 0.630 bits per heavy atom. The van der Waals surface area contributed by atoms with Crippen LogP contribution in [0.15, 0.2) is 60.7 Å². The van der Waals surface area contributed by atoms with Crippen LogP contribution in [0.2, 0.25) is 0 Å². The number of benzene rings is 2. The molecular formula is C23H22F4. The molecule has 0 unspecified atom stereocenters. The third-order valence-electron chi connectivity index (χ3n) is 4.96. The Morgan fingerprint density at radius 2 is 1.04 bits per heavy atom. The summed E-state index contributed by atoms with van der Waals surface area (Å²) in [5.41, 5.74) is 0.904. The average Bonchev–Trinajstić information content (AvgIpc) is 2.65. The van der Waals surface area contributed by atoms with Crippen molar-refractivity contribution in [3.8, 4) is 0 Å². The van der Waals surface area contributed by atoms with E-state index in [-0.39, 0.29) is 11.1 Å². The van der Waals surface area contributed by atoms with Crippen molar-refractivity contribution >= 4 is 11.1 Å². The second-order valence-electron chi connectivity index (χ2n) is 6.81. The highest BCUT2D eigenvalue weighted by molar-refractivity contribution is 5.86. The Hall–Kier alpha value is -2.36. The fraction of sp³-hybridized carbons (Fsp3) is 0.304. The molecule has 0 aromatic heterocycles. The maximum Gasteiger partial charge on any atom is 0.340 e. The van der Waals surface area contributed by atoms with Gasteiger partial charge >= 0.3 is 11.8 Å². The van der Waals surface area contributed by atoms with Crippen LogP contribution in [0.1, 0.15) is 42.5 Å². The standard InChI is InChI=1S/C23H22F4/c1-3-5-17-8-12-19(13-9-17)21-15-14-20(22(24,25)23(21,26)27)18-10-6-16(4-2)7-11-18/h6-15H,3-5H2,1-2H3. The zero-order valence-corrected chi connectivity index (χ0v) is 15.4. The minimum Gasteiger partial charge on any atom is -0.194 e. The van der Waals surface area contributed by atoms with Crippen molar-refractivity contribution in [1.29, 1.82) is 0 Å². The highest BCUT2D eigenvalue weighted by Gasteiger charge is 2.62. The molecule has 3 rings (SSSR count). The molecule has 27 heavy (non-hydrogen) atoms. The zero-order chi connectivity index (χ0) is 19.7. The predicted octanol–water partition coefficient (Wildman–Crippen LogP) is 6.95. The van der Waals surface area contributed by atoms with E-state index in [1.807, 2.05) is 13.8 Å². The number of allylic oxidation sites excluding steroid dienone is 4. The van der Waals surface area contributed by atoms with Gasteiger partial charge in [-0.25, -0.2) is 0 Å². The first kappa shape index (κ1) is 19.4. The van der Waals surface area contributed by atoms with Crippen LogP contribution in [-0.4, -0.2) is 11.8 Å². The highest BCUT2D eigenvalue weighted by Crippen LogP contribution is 2.53. The van der Waals surface area contributed by atoms with Crippen LogP contribution in [0.3, 0.4) is 0 Å². The van der Waals surface area contributed by atoms with Gasteiger partial charge in [-0.2, -0.15) is 17.6 Å². The number of aryl methyl sites for hydroxylation is 2. The molecule has 0 nitrogen and oxygen atoms in total. The second-order valence-corrected chi connectivity index (χ2v) is 6.81. The maximum atomic E-state index is 14.8. The molecule has 0 aliphatic heterocycles. The molecule has 1 aliphatic rings. The molecule has 0 N–H and O–H groups in total. The first-order valence-electron chi connectivity index (χ1n) is 9.18. The van der Waals surface area contributed by atoms with Crippen LogP contribution in [0, 0.1) is 0 Å². The lowest BCUT2D eigenvalue weighted by atomic mass is 9.83. The molecule has 0 radical (unpaired) electrons. The predicted molar refractivity (Wildman–Crippen MR) is 102 cm³/mol. The first-order valence-corrected chi connectivity index (χ1v) is 9.18. The lowest BCUT2D eigenvalue weighted by Crippen LogP contribution is -2.44. The molecule has 0 amide bonds. The summed E-state index contributed by atoms with van der Waals surface area (Å²) in [6, 6.07) is 12.8. The number of hydrogen-bond donors (Lipinski definition) is 0. The summed E-state index contributed by atoms with van der Waals surface area (Å²) in [7, 11) is 0. The van der Waals surface area contributed by atoms with E-state index in [1.54, 1.807) is 24.3 Å². The molecule has 4 heteroatoms. The van der Waals surface area contributed by atoms with Crippen LogP contribution in [0.25, 0.3) is 11.1 Å². The first-order chi connectivity index (χ1) is 12.8. The topological polar surface area (TPSA) is 0 Å². The van der Waals surface area contributed by atoms with E-state index in [0.29, 0.717) is 0 Å². The van der Waals surface area contributed by atoms with Gasteiger partial charge in [0.15, 0.2) is 0 Å². The lowest BCUT2D eigenvalue weighted by molar-refractivity contribution is -0.133. The summed E-state index contributed by atoms with van der Waals surface area (Å²) in [6.07, 6.45) is 4.75. The molecule has 0 bridgehead atoms. The molecule has 0 saturated heterocycles. The SMILES string of the molecule is CCCc1ccc(C2=CC=C(c3ccc(CC)cc3)C(F)(F)C2(F)F)cc1. The van der Waals surface area contributed by atoms with Crippen molar-refractivity contribution in [3.63, 3.8) is 0 Å². The Balaban J connectivity index is 2.03. The Labute approximate surface area is 157 Å². The Kier molecular flexibility index (Phi) is 5.27. The van der Waals surface area contributed by atoms with Gasteiger partial charge in [0.25, 0.3) is 0 Å². The van der Waals surface area contributed by atoms with E-state index in [2.05, 4.69) is 0 Å². The number of alkyl halides is 4. The van der Waals surface area contributed by atoms with Crippen molar-refractivity contribution in [2.45, 2.75) is 45.0 Å². The van der Waals surface area contributed by atoms with E-state index in [0.717, 1.165) is 42.5 Å².